The second-order valence-corrected chi connectivity index (χ2v) is 6.02. The van der Waals surface area contributed by atoms with Crippen molar-refractivity contribution in [3.8, 4) is 0 Å². The first-order valence-corrected chi connectivity index (χ1v) is 7.82. The van der Waals surface area contributed by atoms with E-state index in [0.29, 0.717) is 11.3 Å². The van der Waals surface area contributed by atoms with Gasteiger partial charge in [0, 0.05) is 18.3 Å². The highest BCUT2D eigenvalue weighted by Crippen LogP contribution is 2.37. The van der Waals surface area contributed by atoms with E-state index in [4.69, 9.17) is 17.4 Å². The van der Waals surface area contributed by atoms with Gasteiger partial charge in [0.2, 0.25) is 0 Å². The Hall–Kier alpha value is -2.55. The van der Waals surface area contributed by atoms with Crippen molar-refractivity contribution in [1.29, 1.82) is 0 Å². The summed E-state index contributed by atoms with van der Waals surface area (Å²) in [6.07, 6.45) is -1.54. The maximum absolute atomic E-state index is 13.3. The summed E-state index contributed by atoms with van der Waals surface area (Å²) in [6.45, 7) is 2.10. The van der Waals surface area contributed by atoms with E-state index in [-0.39, 0.29) is 17.9 Å². The monoisotopic (exact) mass is 365 g/mol. The van der Waals surface area contributed by atoms with Crippen LogP contribution in [0.1, 0.15) is 22.3 Å². The number of benzene rings is 2. The fourth-order valence-electron chi connectivity index (χ4n) is 2.68. The average molecular weight is 365 g/mol. The summed E-state index contributed by atoms with van der Waals surface area (Å²) >= 11 is 0. The molecule has 0 amide bonds. The number of nitrogen functional groups attached to an aromatic ring is 1. The van der Waals surface area contributed by atoms with Gasteiger partial charge in [-0.05, 0) is 30.2 Å². The zero-order valence-electron chi connectivity index (χ0n) is 14.6. The fraction of sp³-hybridized carbons (Fsp3) is 0.222. The predicted molar refractivity (Wildman–Crippen MR) is 99.4 cm³/mol. The number of nitrogens with zero attached hydrogens (tertiary/aromatic N) is 2. The summed E-state index contributed by atoms with van der Waals surface area (Å²) in [7, 11) is 1.66. The second kappa shape index (κ2) is 7.77. The van der Waals surface area contributed by atoms with Crippen LogP contribution in [-0.2, 0) is 6.18 Å². The third-order valence-electron chi connectivity index (χ3n) is 3.83. The summed E-state index contributed by atoms with van der Waals surface area (Å²) in [5.41, 5.74) is 6.59. The molecule has 0 spiro atoms. The number of hydrogen-bond donors (Lipinski definition) is 3. The third-order valence-corrected chi connectivity index (χ3v) is 3.83. The summed E-state index contributed by atoms with van der Waals surface area (Å²) < 4.78 is 39.9. The smallest absolute Gasteiger partial charge is 0.398 e. The van der Waals surface area contributed by atoms with Gasteiger partial charge in [-0.25, -0.2) is 10.9 Å². The highest BCUT2D eigenvalue weighted by molar-refractivity contribution is 5.80. The lowest BCUT2D eigenvalue weighted by Gasteiger charge is -2.24. The van der Waals surface area contributed by atoms with Gasteiger partial charge in [-0.1, -0.05) is 36.4 Å². The van der Waals surface area contributed by atoms with Gasteiger partial charge in [0.25, 0.3) is 0 Å². The predicted octanol–water partition coefficient (Wildman–Crippen LogP) is 3.21. The number of hydrazine groups is 2. The molecule has 0 aliphatic carbocycles. The van der Waals surface area contributed by atoms with E-state index >= 15 is 0 Å². The number of nitrogens with two attached hydrogens (primary N) is 3. The minimum atomic E-state index is -4.54. The number of aryl methyl sites for hydroxylation is 1. The quantitative estimate of drug-likeness (QED) is 0.249. The van der Waals surface area contributed by atoms with Crippen LogP contribution in [0.3, 0.4) is 0 Å². The molecule has 2 rings (SSSR count). The normalized spacial score (nSPS) is 12.2. The van der Waals surface area contributed by atoms with Crippen LogP contribution >= 0.6 is 0 Å². The highest BCUT2D eigenvalue weighted by atomic mass is 19.4. The van der Waals surface area contributed by atoms with Gasteiger partial charge in [-0.3, -0.25) is 10.9 Å². The minimum absolute atomic E-state index is 0.00813. The molecule has 0 atom stereocenters. The SMILES string of the molecule is Cc1cccc(N(N)CN(C)N)c1/C=C/c1cccc(N)c1C(F)(F)F. The van der Waals surface area contributed by atoms with Crippen LogP contribution in [0.4, 0.5) is 24.5 Å². The van der Waals surface area contributed by atoms with E-state index < -0.39 is 11.7 Å². The number of halogens is 3. The lowest BCUT2D eigenvalue weighted by molar-refractivity contribution is -0.137. The van der Waals surface area contributed by atoms with Crippen molar-refractivity contribution in [1.82, 2.24) is 5.01 Å². The van der Waals surface area contributed by atoms with Crippen molar-refractivity contribution < 1.29 is 13.2 Å². The molecule has 26 heavy (non-hydrogen) atoms. The molecule has 0 saturated heterocycles. The van der Waals surface area contributed by atoms with Gasteiger partial charge in [-0.15, -0.1) is 0 Å². The summed E-state index contributed by atoms with van der Waals surface area (Å²) in [6, 6.07) is 9.55. The number of rotatable bonds is 5. The molecule has 2 aromatic rings. The Bertz CT molecular complexity index is 800. The zero-order chi connectivity index (χ0) is 19.5. The maximum atomic E-state index is 13.3. The number of alkyl halides is 3. The molecule has 0 bridgehead atoms. The van der Waals surface area contributed by atoms with Gasteiger partial charge in [0.05, 0.1) is 17.9 Å². The van der Waals surface area contributed by atoms with Crippen molar-refractivity contribution in [3.05, 3.63) is 58.7 Å². The van der Waals surface area contributed by atoms with E-state index in [1.54, 1.807) is 19.2 Å². The molecule has 140 valence electrons. The molecule has 0 fully saturated rings. The Kier molecular flexibility index (Phi) is 5.91. The van der Waals surface area contributed by atoms with E-state index in [1.807, 2.05) is 19.1 Å². The van der Waals surface area contributed by atoms with E-state index in [1.165, 1.54) is 34.3 Å². The number of hydrogen-bond acceptors (Lipinski definition) is 5. The van der Waals surface area contributed by atoms with Crippen LogP contribution in [0.15, 0.2) is 36.4 Å². The first kappa shape index (κ1) is 19.8. The first-order chi connectivity index (χ1) is 12.1. The Morgan fingerprint density at radius 1 is 1.04 bits per heavy atom. The summed E-state index contributed by atoms with van der Waals surface area (Å²) in [5, 5.41) is 2.83. The van der Waals surface area contributed by atoms with Crippen LogP contribution in [0.25, 0.3) is 12.2 Å². The fourth-order valence-corrected chi connectivity index (χ4v) is 2.68. The van der Waals surface area contributed by atoms with Gasteiger partial charge in [-0.2, -0.15) is 13.2 Å². The van der Waals surface area contributed by atoms with Crippen molar-refractivity contribution in [3.63, 3.8) is 0 Å². The van der Waals surface area contributed by atoms with Crippen LogP contribution in [0.5, 0.6) is 0 Å². The molecule has 0 heterocycles. The van der Waals surface area contributed by atoms with Gasteiger partial charge in [0.15, 0.2) is 0 Å². The molecule has 8 heteroatoms. The molecule has 0 radical (unpaired) electrons. The standard InChI is InChI=1S/C18H22F3N5/c1-12-5-3-8-16(26(24)11-25(2)23)14(12)10-9-13-6-4-7-15(22)17(13)18(19,20)21/h3-10H,11,22-24H2,1-2H3/b10-9+. The zero-order valence-corrected chi connectivity index (χ0v) is 14.6. The molecule has 0 aliphatic rings. The van der Waals surface area contributed by atoms with Crippen LogP contribution in [0.2, 0.25) is 0 Å². The van der Waals surface area contributed by atoms with Crippen molar-refractivity contribution >= 4 is 23.5 Å². The van der Waals surface area contributed by atoms with E-state index in [9.17, 15) is 13.2 Å². The Morgan fingerprint density at radius 3 is 2.31 bits per heavy atom. The van der Waals surface area contributed by atoms with Gasteiger partial charge in [0.1, 0.15) is 0 Å². The lowest BCUT2D eigenvalue weighted by atomic mass is 10.0. The van der Waals surface area contributed by atoms with Crippen LogP contribution < -0.4 is 22.4 Å². The van der Waals surface area contributed by atoms with Crippen molar-refractivity contribution in [2.75, 3.05) is 24.5 Å². The molecular weight excluding hydrogens is 343 g/mol. The molecule has 0 unspecified atom stereocenters. The van der Waals surface area contributed by atoms with Crippen molar-refractivity contribution in [2.24, 2.45) is 11.7 Å². The average Bonchev–Trinajstić information content (AvgIpc) is 2.51. The highest BCUT2D eigenvalue weighted by Gasteiger charge is 2.35. The molecule has 0 aromatic heterocycles. The van der Waals surface area contributed by atoms with E-state index in [2.05, 4.69) is 0 Å². The summed E-state index contributed by atoms with van der Waals surface area (Å²) in [5.74, 6) is 11.7. The molecule has 2 aromatic carbocycles. The second-order valence-electron chi connectivity index (χ2n) is 6.02. The van der Waals surface area contributed by atoms with Gasteiger partial charge >= 0.3 is 6.18 Å². The van der Waals surface area contributed by atoms with Crippen molar-refractivity contribution in [2.45, 2.75) is 13.1 Å². The Morgan fingerprint density at radius 2 is 1.69 bits per heavy atom. The maximum Gasteiger partial charge on any atom is 0.418 e. The Labute approximate surface area is 150 Å². The Balaban J connectivity index is 2.49. The lowest BCUT2D eigenvalue weighted by Crippen LogP contribution is -2.44. The molecular formula is C18H22F3N5. The molecule has 5 nitrogen and oxygen atoms in total. The summed E-state index contributed by atoms with van der Waals surface area (Å²) in [4.78, 5) is 0. The first-order valence-electron chi connectivity index (χ1n) is 7.82. The molecule has 0 saturated carbocycles. The number of anilines is 2. The molecule has 6 N–H and O–H groups in total. The van der Waals surface area contributed by atoms with Crippen LogP contribution in [-0.4, -0.2) is 18.7 Å². The molecule has 0 aliphatic heterocycles. The van der Waals surface area contributed by atoms with Crippen LogP contribution in [0, 0.1) is 6.92 Å². The van der Waals surface area contributed by atoms with E-state index in [0.717, 1.165) is 5.56 Å². The van der Waals surface area contributed by atoms with Gasteiger partial charge < -0.3 is 5.73 Å². The largest absolute Gasteiger partial charge is 0.418 e. The topological polar surface area (TPSA) is 84.5 Å². The third kappa shape index (κ3) is 4.54. The minimum Gasteiger partial charge on any atom is -0.398 e.